The van der Waals surface area contributed by atoms with Crippen molar-refractivity contribution in [3.63, 3.8) is 0 Å². The molecule has 3 heterocycles. The van der Waals surface area contributed by atoms with Gasteiger partial charge in [0.1, 0.15) is 12.4 Å². The third-order valence-electron chi connectivity index (χ3n) is 4.95. The molecule has 0 saturated heterocycles. The van der Waals surface area contributed by atoms with Gasteiger partial charge in [-0.05, 0) is 42.1 Å². The first-order valence-electron chi connectivity index (χ1n) is 10.1. The first-order chi connectivity index (χ1) is 15.6. The fourth-order valence-electron chi connectivity index (χ4n) is 3.53. The predicted octanol–water partition coefficient (Wildman–Crippen LogP) is 3.25. The zero-order valence-corrected chi connectivity index (χ0v) is 18.6. The van der Waals surface area contributed by atoms with Crippen LogP contribution >= 0.6 is 11.3 Å². The molecule has 2 amide bonds. The van der Waals surface area contributed by atoms with E-state index in [0.717, 1.165) is 12.0 Å². The molecule has 2 N–H and O–H groups in total. The summed E-state index contributed by atoms with van der Waals surface area (Å²) < 4.78 is 6.78. The lowest BCUT2D eigenvalue weighted by Crippen LogP contribution is -2.26. The van der Waals surface area contributed by atoms with Crippen molar-refractivity contribution in [2.75, 3.05) is 25.6 Å². The molecule has 0 fully saturated rings. The number of ether oxygens (including phenoxy) is 1. The molecule has 4 rings (SSSR count). The van der Waals surface area contributed by atoms with Crippen LogP contribution in [0.4, 0.5) is 5.69 Å². The molecule has 0 aliphatic rings. The molecule has 0 aliphatic heterocycles. The van der Waals surface area contributed by atoms with Gasteiger partial charge in [0, 0.05) is 49.2 Å². The number of carbonyl (C=O) groups is 2. The van der Waals surface area contributed by atoms with E-state index in [-0.39, 0.29) is 18.4 Å². The van der Waals surface area contributed by atoms with Crippen molar-refractivity contribution in [3.05, 3.63) is 64.6 Å². The predicted molar refractivity (Wildman–Crippen MR) is 125 cm³/mol. The molecule has 0 aliphatic carbocycles. The number of nitrogens with one attached hydrogen (secondary N) is 2. The normalized spacial score (nSPS) is 10.9. The van der Waals surface area contributed by atoms with Gasteiger partial charge in [-0.2, -0.15) is 0 Å². The first-order valence-corrected chi connectivity index (χ1v) is 10.9. The van der Waals surface area contributed by atoms with Gasteiger partial charge < -0.3 is 19.9 Å². The van der Waals surface area contributed by atoms with Gasteiger partial charge >= 0.3 is 0 Å². The highest BCUT2D eigenvalue weighted by molar-refractivity contribution is 7.09. The van der Waals surface area contributed by atoms with Crippen LogP contribution in [-0.2, 0) is 23.0 Å². The van der Waals surface area contributed by atoms with Crippen molar-refractivity contribution < 1.29 is 14.3 Å². The number of carbonyl (C=O) groups excluding carboxylic acids is 2. The number of aromatic nitrogens is 3. The summed E-state index contributed by atoms with van der Waals surface area (Å²) in [5, 5.41) is 7.78. The molecular weight excluding hydrogens is 426 g/mol. The van der Waals surface area contributed by atoms with Crippen molar-refractivity contribution in [1.29, 1.82) is 0 Å². The lowest BCUT2D eigenvalue weighted by molar-refractivity contribution is -0.119. The maximum Gasteiger partial charge on any atom is 0.253 e. The third-order valence-corrected chi connectivity index (χ3v) is 5.88. The fourth-order valence-corrected chi connectivity index (χ4v) is 4.24. The number of rotatable bonds is 8. The number of nitrogens with zero attached hydrogens (tertiary/aromatic N) is 3. The molecule has 9 heteroatoms. The topological polar surface area (TPSA) is 98.1 Å². The maximum atomic E-state index is 13.2. The van der Waals surface area contributed by atoms with E-state index in [0.29, 0.717) is 34.7 Å². The van der Waals surface area contributed by atoms with Crippen LogP contribution in [0.1, 0.15) is 15.2 Å². The average molecular weight is 450 g/mol. The quantitative estimate of drug-likeness (QED) is 0.430. The molecular formula is C23H23N5O3S. The van der Waals surface area contributed by atoms with E-state index in [1.54, 1.807) is 35.9 Å². The molecule has 0 atom stereocenters. The number of hydrogen-bond donors (Lipinski definition) is 2. The van der Waals surface area contributed by atoms with Crippen LogP contribution in [0, 0.1) is 0 Å². The Hall–Kier alpha value is -3.56. The molecule has 0 spiro atoms. The standard InChI is InChI=1S/C23H23N5O3S/c1-28-21-18(23(30)25-10-7-17-4-3-11-32-17)12-16(26-20(29)14-31-2)13-19(21)27-22(28)15-5-8-24-9-6-15/h3-6,8-9,11-13H,7,10,14H2,1-2H3,(H,25,30)(H,26,29). The molecule has 0 unspecified atom stereocenters. The molecule has 3 aromatic heterocycles. The number of methoxy groups -OCH3 is 1. The van der Waals surface area contributed by atoms with Gasteiger partial charge in [0.2, 0.25) is 5.91 Å². The largest absolute Gasteiger partial charge is 0.375 e. The highest BCUT2D eigenvalue weighted by atomic mass is 32.1. The smallest absolute Gasteiger partial charge is 0.253 e. The number of pyridine rings is 1. The Morgan fingerprint density at radius 1 is 1.19 bits per heavy atom. The molecule has 164 valence electrons. The molecule has 0 saturated carbocycles. The molecule has 1 aromatic carbocycles. The van der Waals surface area contributed by atoms with Gasteiger partial charge in [-0.1, -0.05) is 6.07 Å². The Balaban J connectivity index is 1.70. The van der Waals surface area contributed by atoms with E-state index in [2.05, 4.69) is 15.6 Å². The molecule has 0 bridgehead atoms. The van der Waals surface area contributed by atoms with Crippen LogP contribution in [-0.4, -0.2) is 46.6 Å². The van der Waals surface area contributed by atoms with E-state index in [9.17, 15) is 9.59 Å². The molecule has 4 aromatic rings. The average Bonchev–Trinajstić information content (AvgIpc) is 3.42. The summed E-state index contributed by atoms with van der Waals surface area (Å²) in [6.07, 6.45) is 4.15. The van der Waals surface area contributed by atoms with Crippen molar-refractivity contribution in [1.82, 2.24) is 19.9 Å². The van der Waals surface area contributed by atoms with Crippen molar-refractivity contribution >= 4 is 39.9 Å². The number of anilines is 1. The Bertz CT molecular complexity index is 1240. The van der Waals surface area contributed by atoms with Crippen LogP contribution in [0.5, 0.6) is 0 Å². The number of benzene rings is 1. The Kier molecular flexibility index (Phi) is 6.58. The molecule has 32 heavy (non-hydrogen) atoms. The van der Waals surface area contributed by atoms with Crippen LogP contribution < -0.4 is 10.6 Å². The Morgan fingerprint density at radius 3 is 2.72 bits per heavy atom. The zero-order chi connectivity index (χ0) is 22.5. The second-order valence-electron chi connectivity index (χ2n) is 7.19. The monoisotopic (exact) mass is 449 g/mol. The lowest BCUT2D eigenvalue weighted by atomic mass is 10.1. The Morgan fingerprint density at radius 2 is 2.00 bits per heavy atom. The highest BCUT2D eigenvalue weighted by Gasteiger charge is 2.19. The summed E-state index contributed by atoms with van der Waals surface area (Å²) in [5.74, 6) is 0.176. The minimum atomic E-state index is -0.304. The van der Waals surface area contributed by atoms with Gasteiger partial charge in [-0.15, -0.1) is 11.3 Å². The summed E-state index contributed by atoms with van der Waals surface area (Å²) in [7, 11) is 3.33. The van der Waals surface area contributed by atoms with Crippen molar-refractivity contribution in [3.8, 4) is 11.4 Å². The second-order valence-corrected chi connectivity index (χ2v) is 8.22. The molecule has 8 nitrogen and oxygen atoms in total. The second kappa shape index (κ2) is 9.71. The van der Waals surface area contributed by atoms with E-state index in [1.165, 1.54) is 12.0 Å². The van der Waals surface area contributed by atoms with E-state index in [1.807, 2.05) is 41.3 Å². The van der Waals surface area contributed by atoms with Gasteiger partial charge in [-0.25, -0.2) is 4.98 Å². The highest BCUT2D eigenvalue weighted by Crippen LogP contribution is 2.29. The zero-order valence-electron chi connectivity index (χ0n) is 17.8. The molecule has 0 radical (unpaired) electrons. The maximum absolute atomic E-state index is 13.2. The third kappa shape index (κ3) is 4.68. The van der Waals surface area contributed by atoms with Gasteiger partial charge in [0.15, 0.2) is 0 Å². The summed E-state index contributed by atoms with van der Waals surface area (Å²) in [6, 6.07) is 11.2. The van der Waals surface area contributed by atoms with Gasteiger partial charge in [-0.3, -0.25) is 14.6 Å². The summed E-state index contributed by atoms with van der Waals surface area (Å²) in [6.45, 7) is 0.432. The van der Waals surface area contributed by atoms with Gasteiger partial charge in [0.25, 0.3) is 5.91 Å². The number of thiophene rings is 1. The SMILES string of the molecule is COCC(=O)Nc1cc(C(=O)NCCc2cccs2)c2c(c1)nc(-c1ccncc1)n2C. The Labute approximate surface area is 189 Å². The van der Waals surface area contributed by atoms with Crippen LogP contribution in [0.25, 0.3) is 22.4 Å². The minimum absolute atomic E-state index is 0.0785. The van der Waals surface area contributed by atoms with E-state index >= 15 is 0 Å². The number of fused-ring (bicyclic) bond motifs is 1. The number of imidazole rings is 1. The summed E-state index contributed by atoms with van der Waals surface area (Å²) in [4.78, 5) is 35.2. The van der Waals surface area contributed by atoms with Crippen LogP contribution in [0.15, 0.2) is 54.2 Å². The number of hydrogen-bond acceptors (Lipinski definition) is 6. The van der Waals surface area contributed by atoms with Crippen LogP contribution in [0.3, 0.4) is 0 Å². The number of aryl methyl sites for hydroxylation is 1. The minimum Gasteiger partial charge on any atom is -0.375 e. The van der Waals surface area contributed by atoms with Crippen LogP contribution in [0.2, 0.25) is 0 Å². The van der Waals surface area contributed by atoms with Crippen molar-refractivity contribution in [2.45, 2.75) is 6.42 Å². The number of amides is 2. The lowest BCUT2D eigenvalue weighted by Gasteiger charge is -2.11. The van der Waals surface area contributed by atoms with E-state index < -0.39 is 0 Å². The summed E-state index contributed by atoms with van der Waals surface area (Å²) >= 11 is 1.66. The first kappa shape index (κ1) is 21.7. The summed E-state index contributed by atoms with van der Waals surface area (Å²) in [5.41, 5.74) is 3.11. The van der Waals surface area contributed by atoms with Crippen molar-refractivity contribution in [2.24, 2.45) is 7.05 Å². The van der Waals surface area contributed by atoms with Gasteiger partial charge in [0.05, 0.1) is 16.6 Å². The fraction of sp³-hybridized carbons (Fsp3) is 0.217. The van der Waals surface area contributed by atoms with E-state index in [4.69, 9.17) is 9.72 Å².